The maximum Gasteiger partial charge on any atom is 0.338 e. The van der Waals surface area contributed by atoms with Crippen molar-refractivity contribution in [2.24, 2.45) is 0 Å². The van der Waals surface area contributed by atoms with Crippen LogP contribution in [0.5, 0.6) is 11.5 Å². The number of nitrogens with zero attached hydrogens (tertiary/aromatic N) is 3. The fourth-order valence-corrected chi connectivity index (χ4v) is 3.06. The van der Waals surface area contributed by atoms with Gasteiger partial charge < -0.3 is 19.5 Å². The molecule has 0 bridgehead atoms. The van der Waals surface area contributed by atoms with E-state index < -0.39 is 6.04 Å². The molecule has 3 rings (SSSR count). The molecular weight excluding hydrogens is 348 g/mol. The van der Waals surface area contributed by atoms with Gasteiger partial charge in [-0.3, -0.25) is 0 Å². The lowest BCUT2D eigenvalue weighted by molar-refractivity contribution is -0.139. The molecule has 0 saturated heterocycles. The molecule has 0 radical (unpaired) electrons. The van der Waals surface area contributed by atoms with E-state index in [0.717, 1.165) is 12.0 Å². The first-order chi connectivity index (χ1) is 13.1. The van der Waals surface area contributed by atoms with Crippen molar-refractivity contribution >= 4 is 11.9 Å². The number of fused-ring (bicyclic) bond motifs is 1. The summed E-state index contributed by atoms with van der Waals surface area (Å²) in [5.74, 6) is 1.43. The van der Waals surface area contributed by atoms with E-state index in [4.69, 9.17) is 14.2 Å². The van der Waals surface area contributed by atoms with Crippen LogP contribution >= 0.6 is 0 Å². The van der Waals surface area contributed by atoms with Crippen LogP contribution in [0.1, 0.15) is 38.8 Å². The number of methoxy groups -OCH3 is 1. The van der Waals surface area contributed by atoms with Gasteiger partial charge in [-0.05, 0) is 38.0 Å². The summed E-state index contributed by atoms with van der Waals surface area (Å²) in [5.41, 5.74) is 2.01. The second-order valence-corrected chi connectivity index (χ2v) is 6.07. The summed E-state index contributed by atoms with van der Waals surface area (Å²) in [4.78, 5) is 17.0. The SMILES string of the molecule is CCCOC(=O)C1=C(C)Nc2ncnn2C1c1ccc(OCC)c(OC)c1. The minimum absolute atomic E-state index is 0.360. The molecule has 1 aliphatic heterocycles. The van der Waals surface area contributed by atoms with E-state index in [0.29, 0.717) is 41.9 Å². The van der Waals surface area contributed by atoms with Crippen molar-refractivity contribution < 1.29 is 19.0 Å². The molecule has 8 nitrogen and oxygen atoms in total. The fraction of sp³-hybridized carbons (Fsp3) is 0.421. The summed E-state index contributed by atoms with van der Waals surface area (Å²) in [6.07, 6.45) is 2.20. The Morgan fingerprint density at radius 3 is 2.81 bits per heavy atom. The molecular formula is C19H24N4O4. The largest absolute Gasteiger partial charge is 0.493 e. The van der Waals surface area contributed by atoms with Crippen LogP contribution in [0, 0.1) is 0 Å². The average molecular weight is 372 g/mol. The monoisotopic (exact) mass is 372 g/mol. The molecule has 0 aliphatic carbocycles. The third-order valence-corrected chi connectivity index (χ3v) is 4.25. The first-order valence-electron chi connectivity index (χ1n) is 8.95. The molecule has 2 heterocycles. The first kappa shape index (κ1) is 18.8. The van der Waals surface area contributed by atoms with Gasteiger partial charge in [0.2, 0.25) is 5.95 Å². The Balaban J connectivity index is 2.08. The van der Waals surface area contributed by atoms with Crippen molar-refractivity contribution in [2.75, 3.05) is 25.6 Å². The van der Waals surface area contributed by atoms with E-state index in [2.05, 4.69) is 15.4 Å². The Labute approximate surface area is 158 Å². The zero-order valence-electron chi connectivity index (χ0n) is 16.0. The van der Waals surface area contributed by atoms with E-state index >= 15 is 0 Å². The average Bonchev–Trinajstić information content (AvgIpc) is 3.13. The predicted molar refractivity (Wildman–Crippen MR) is 99.9 cm³/mol. The van der Waals surface area contributed by atoms with Crippen molar-refractivity contribution in [1.82, 2.24) is 14.8 Å². The van der Waals surface area contributed by atoms with Crippen LogP contribution in [0.15, 0.2) is 35.8 Å². The summed E-state index contributed by atoms with van der Waals surface area (Å²) in [7, 11) is 1.59. The number of ether oxygens (including phenoxy) is 3. The number of nitrogens with one attached hydrogen (secondary N) is 1. The Hall–Kier alpha value is -3.03. The zero-order valence-corrected chi connectivity index (χ0v) is 16.0. The molecule has 2 aromatic rings. The fourth-order valence-electron chi connectivity index (χ4n) is 3.06. The van der Waals surface area contributed by atoms with Crippen molar-refractivity contribution in [3.8, 4) is 11.5 Å². The third-order valence-electron chi connectivity index (χ3n) is 4.25. The number of rotatable bonds is 7. The van der Waals surface area contributed by atoms with Crippen LogP contribution in [-0.2, 0) is 9.53 Å². The van der Waals surface area contributed by atoms with Crippen molar-refractivity contribution in [2.45, 2.75) is 33.2 Å². The third kappa shape index (κ3) is 3.60. The van der Waals surface area contributed by atoms with Crippen LogP contribution in [0.2, 0.25) is 0 Å². The van der Waals surface area contributed by atoms with Crippen LogP contribution in [0.25, 0.3) is 0 Å². The topological polar surface area (TPSA) is 87.5 Å². The highest BCUT2D eigenvalue weighted by Gasteiger charge is 2.34. The van der Waals surface area contributed by atoms with Gasteiger partial charge in [0.05, 0.1) is 25.9 Å². The lowest BCUT2D eigenvalue weighted by atomic mass is 9.95. The summed E-state index contributed by atoms with van der Waals surface area (Å²) >= 11 is 0. The van der Waals surface area contributed by atoms with Crippen molar-refractivity contribution in [3.05, 3.63) is 41.4 Å². The number of esters is 1. The van der Waals surface area contributed by atoms with Gasteiger partial charge in [-0.1, -0.05) is 13.0 Å². The Kier molecular flexibility index (Phi) is 5.63. The number of anilines is 1. The highest BCUT2D eigenvalue weighted by atomic mass is 16.5. The van der Waals surface area contributed by atoms with Gasteiger partial charge in [-0.15, -0.1) is 0 Å². The maximum absolute atomic E-state index is 12.8. The number of aromatic nitrogens is 3. The summed E-state index contributed by atoms with van der Waals surface area (Å²) < 4.78 is 18.1. The molecule has 0 fully saturated rings. The quantitative estimate of drug-likeness (QED) is 0.748. The normalized spacial score (nSPS) is 15.8. The molecule has 1 atom stereocenters. The summed E-state index contributed by atoms with van der Waals surface area (Å²) in [5, 5.41) is 7.42. The van der Waals surface area contributed by atoms with Crippen molar-refractivity contribution in [3.63, 3.8) is 0 Å². The molecule has 0 amide bonds. The van der Waals surface area contributed by atoms with Crippen LogP contribution in [0.3, 0.4) is 0 Å². The minimum Gasteiger partial charge on any atom is -0.493 e. The number of carbonyl (C=O) groups is 1. The van der Waals surface area contributed by atoms with E-state index in [1.54, 1.807) is 11.8 Å². The highest BCUT2D eigenvalue weighted by molar-refractivity contribution is 5.92. The van der Waals surface area contributed by atoms with Crippen LogP contribution in [0.4, 0.5) is 5.95 Å². The summed E-state index contributed by atoms with van der Waals surface area (Å²) in [6.45, 7) is 6.59. The molecule has 0 saturated carbocycles. The Bertz CT molecular complexity index is 859. The Morgan fingerprint density at radius 2 is 2.11 bits per heavy atom. The number of benzene rings is 1. The second kappa shape index (κ2) is 8.11. The van der Waals surface area contributed by atoms with Gasteiger partial charge in [0.15, 0.2) is 11.5 Å². The number of hydrogen-bond donors (Lipinski definition) is 1. The molecule has 1 aliphatic rings. The molecule has 1 N–H and O–H groups in total. The van der Waals surface area contributed by atoms with E-state index in [9.17, 15) is 4.79 Å². The zero-order chi connectivity index (χ0) is 19.4. The Morgan fingerprint density at radius 1 is 1.30 bits per heavy atom. The van der Waals surface area contributed by atoms with E-state index in [1.807, 2.05) is 39.0 Å². The molecule has 1 unspecified atom stereocenters. The molecule has 144 valence electrons. The second-order valence-electron chi connectivity index (χ2n) is 6.07. The lowest BCUT2D eigenvalue weighted by Gasteiger charge is -2.28. The molecule has 1 aromatic heterocycles. The number of hydrogen-bond acceptors (Lipinski definition) is 7. The number of allylic oxidation sites excluding steroid dienone is 1. The first-order valence-corrected chi connectivity index (χ1v) is 8.95. The van der Waals surface area contributed by atoms with E-state index in [1.165, 1.54) is 6.33 Å². The van der Waals surface area contributed by atoms with Crippen molar-refractivity contribution in [1.29, 1.82) is 0 Å². The highest BCUT2D eigenvalue weighted by Crippen LogP contribution is 2.38. The van der Waals surface area contributed by atoms with E-state index in [-0.39, 0.29) is 5.97 Å². The van der Waals surface area contributed by atoms with Gasteiger partial charge in [0.25, 0.3) is 0 Å². The van der Waals surface area contributed by atoms with Gasteiger partial charge in [0.1, 0.15) is 12.4 Å². The van der Waals surface area contributed by atoms with Gasteiger partial charge in [0, 0.05) is 5.70 Å². The molecule has 8 heteroatoms. The van der Waals surface area contributed by atoms with Crippen LogP contribution < -0.4 is 14.8 Å². The maximum atomic E-state index is 12.8. The standard InChI is InChI=1S/C19H24N4O4/c1-5-9-27-18(24)16-12(3)22-19-20-11-21-23(19)17(16)13-7-8-14(26-6-2)15(10-13)25-4/h7-8,10-11,17H,5-6,9H2,1-4H3,(H,20,21,22). The smallest absolute Gasteiger partial charge is 0.338 e. The molecule has 0 spiro atoms. The van der Waals surface area contributed by atoms with Gasteiger partial charge in [-0.2, -0.15) is 10.1 Å². The van der Waals surface area contributed by atoms with Crippen LogP contribution in [-0.4, -0.2) is 41.1 Å². The number of carbonyl (C=O) groups excluding carboxylic acids is 1. The van der Waals surface area contributed by atoms with Gasteiger partial charge in [-0.25, -0.2) is 9.48 Å². The molecule has 27 heavy (non-hydrogen) atoms. The lowest BCUT2D eigenvalue weighted by Crippen LogP contribution is -2.29. The van der Waals surface area contributed by atoms with Gasteiger partial charge >= 0.3 is 5.97 Å². The summed E-state index contributed by atoms with van der Waals surface area (Å²) in [6, 6.07) is 5.11. The molecule has 1 aromatic carbocycles. The minimum atomic E-state index is -0.474. The predicted octanol–water partition coefficient (Wildman–Crippen LogP) is 2.93.